The molecule has 0 fully saturated rings. The molecule has 0 saturated heterocycles. The van der Waals surface area contributed by atoms with Crippen molar-refractivity contribution in [1.82, 2.24) is 10.3 Å². The third kappa shape index (κ3) is 4.01. The molecule has 0 spiro atoms. The first kappa shape index (κ1) is 10.2. The molecule has 13 heavy (non-hydrogen) atoms. The largest absolute Gasteiger partial charge is 0.329 e. The van der Waals surface area contributed by atoms with Gasteiger partial charge < -0.3 is 11.1 Å². The molecule has 1 rings (SSSR count). The molecule has 1 atom stereocenters. The molecule has 0 unspecified atom stereocenters. The molecule has 0 aromatic carbocycles. The van der Waals surface area contributed by atoms with Crippen molar-refractivity contribution in [3.8, 4) is 0 Å². The van der Waals surface area contributed by atoms with Crippen molar-refractivity contribution in [3.05, 3.63) is 30.1 Å². The average molecular weight is 179 g/mol. The summed E-state index contributed by atoms with van der Waals surface area (Å²) in [5.74, 6) is 0. The molecule has 0 amide bonds. The summed E-state index contributed by atoms with van der Waals surface area (Å²) in [6.07, 6.45) is 4.68. The van der Waals surface area contributed by atoms with E-state index in [9.17, 15) is 0 Å². The van der Waals surface area contributed by atoms with Gasteiger partial charge in [0.25, 0.3) is 0 Å². The maximum atomic E-state index is 5.48. The molecule has 72 valence electrons. The van der Waals surface area contributed by atoms with Crippen molar-refractivity contribution < 1.29 is 0 Å². The van der Waals surface area contributed by atoms with Crippen molar-refractivity contribution in [3.63, 3.8) is 0 Å². The van der Waals surface area contributed by atoms with Crippen LogP contribution in [0, 0.1) is 0 Å². The van der Waals surface area contributed by atoms with Gasteiger partial charge in [-0.15, -0.1) is 0 Å². The Kier molecular flexibility index (Phi) is 4.43. The Morgan fingerprint density at radius 2 is 2.15 bits per heavy atom. The van der Waals surface area contributed by atoms with Crippen LogP contribution >= 0.6 is 0 Å². The molecule has 3 heteroatoms. The van der Waals surface area contributed by atoms with Crippen LogP contribution in [0.4, 0.5) is 0 Å². The van der Waals surface area contributed by atoms with E-state index in [1.165, 1.54) is 5.56 Å². The van der Waals surface area contributed by atoms with Crippen molar-refractivity contribution in [2.75, 3.05) is 13.1 Å². The van der Waals surface area contributed by atoms with Gasteiger partial charge in [-0.3, -0.25) is 4.98 Å². The summed E-state index contributed by atoms with van der Waals surface area (Å²) in [4.78, 5) is 3.96. The summed E-state index contributed by atoms with van der Waals surface area (Å²) in [6.45, 7) is 3.76. The van der Waals surface area contributed by atoms with E-state index in [2.05, 4.69) is 17.2 Å². The van der Waals surface area contributed by atoms with E-state index in [0.29, 0.717) is 12.6 Å². The minimum atomic E-state index is 0.404. The molecule has 0 radical (unpaired) electrons. The highest BCUT2D eigenvalue weighted by atomic mass is 14.9. The number of nitrogens with one attached hydrogen (secondary N) is 1. The van der Waals surface area contributed by atoms with Crippen molar-refractivity contribution in [1.29, 1.82) is 0 Å². The number of aromatic nitrogens is 1. The molecule has 0 saturated carbocycles. The lowest BCUT2D eigenvalue weighted by atomic mass is 10.2. The Morgan fingerprint density at radius 3 is 2.77 bits per heavy atom. The Balaban J connectivity index is 2.20. The van der Waals surface area contributed by atoms with E-state index in [-0.39, 0.29) is 0 Å². The second-order valence-electron chi connectivity index (χ2n) is 3.20. The zero-order valence-electron chi connectivity index (χ0n) is 8.03. The Morgan fingerprint density at radius 1 is 1.46 bits per heavy atom. The fraction of sp³-hybridized carbons (Fsp3) is 0.500. The average Bonchev–Trinajstić information content (AvgIpc) is 2.19. The van der Waals surface area contributed by atoms with Gasteiger partial charge in [-0.2, -0.15) is 0 Å². The summed E-state index contributed by atoms with van der Waals surface area (Å²) in [5.41, 5.74) is 6.79. The molecule has 1 aromatic heterocycles. The molecule has 1 aromatic rings. The third-order valence-electron chi connectivity index (χ3n) is 2.01. The van der Waals surface area contributed by atoms with Crippen LogP contribution < -0.4 is 11.1 Å². The normalized spacial score (nSPS) is 12.8. The highest BCUT2D eigenvalue weighted by molar-refractivity contribution is 5.09. The van der Waals surface area contributed by atoms with Gasteiger partial charge >= 0.3 is 0 Å². The van der Waals surface area contributed by atoms with Crippen LogP contribution in [0.1, 0.15) is 12.5 Å². The fourth-order valence-corrected chi connectivity index (χ4v) is 1.10. The Labute approximate surface area is 79.4 Å². The predicted molar refractivity (Wildman–Crippen MR) is 54.5 cm³/mol. The number of pyridine rings is 1. The fourth-order valence-electron chi connectivity index (χ4n) is 1.10. The molecule has 0 aliphatic carbocycles. The molecular weight excluding hydrogens is 162 g/mol. The first-order valence-corrected chi connectivity index (χ1v) is 4.65. The monoisotopic (exact) mass is 179 g/mol. The Bertz CT molecular complexity index is 223. The molecule has 3 nitrogen and oxygen atoms in total. The maximum Gasteiger partial charge on any atom is 0.0270 e. The highest BCUT2D eigenvalue weighted by Gasteiger charge is 1.96. The predicted octanol–water partition coefficient (Wildman–Crippen LogP) is 0.561. The summed E-state index contributed by atoms with van der Waals surface area (Å²) < 4.78 is 0. The van der Waals surface area contributed by atoms with Crippen LogP contribution in [0.2, 0.25) is 0 Å². The SMILES string of the molecule is C[C@H](CN)NCCc1ccncc1. The van der Waals surface area contributed by atoms with Crippen LogP contribution in [0.3, 0.4) is 0 Å². The number of nitrogens with two attached hydrogens (primary N) is 1. The van der Waals surface area contributed by atoms with Crippen LogP contribution in [0.5, 0.6) is 0 Å². The number of rotatable bonds is 5. The number of hydrogen-bond acceptors (Lipinski definition) is 3. The summed E-state index contributed by atoms with van der Waals surface area (Å²) >= 11 is 0. The summed E-state index contributed by atoms with van der Waals surface area (Å²) in [6, 6.07) is 4.48. The first-order chi connectivity index (χ1) is 6.33. The second-order valence-corrected chi connectivity index (χ2v) is 3.20. The van der Waals surface area contributed by atoms with E-state index in [1.807, 2.05) is 24.5 Å². The number of nitrogens with zero attached hydrogens (tertiary/aromatic N) is 1. The summed E-state index contributed by atoms with van der Waals surface area (Å²) in [5, 5.41) is 3.34. The van der Waals surface area contributed by atoms with Gasteiger partial charge in [0.1, 0.15) is 0 Å². The maximum absolute atomic E-state index is 5.48. The zero-order chi connectivity index (χ0) is 9.52. The van der Waals surface area contributed by atoms with Crippen molar-refractivity contribution in [2.45, 2.75) is 19.4 Å². The summed E-state index contributed by atoms with van der Waals surface area (Å²) in [7, 11) is 0. The molecule has 1 heterocycles. The van der Waals surface area contributed by atoms with E-state index in [4.69, 9.17) is 5.73 Å². The minimum absolute atomic E-state index is 0.404. The van der Waals surface area contributed by atoms with Gasteiger partial charge in [-0.25, -0.2) is 0 Å². The smallest absolute Gasteiger partial charge is 0.0270 e. The van der Waals surface area contributed by atoms with Crippen LogP contribution in [-0.2, 0) is 6.42 Å². The lowest BCUT2D eigenvalue weighted by Crippen LogP contribution is -2.34. The minimum Gasteiger partial charge on any atom is -0.329 e. The zero-order valence-corrected chi connectivity index (χ0v) is 8.03. The van der Waals surface area contributed by atoms with E-state index >= 15 is 0 Å². The number of hydrogen-bond donors (Lipinski definition) is 2. The third-order valence-corrected chi connectivity index (χ3v) is 2.01. The molecule has 0 aliphatic heterocycles. The van der Waals surface area contributed by atoms with E-state index < -0.39 is 0 Å². The van der Waals surface area contributed by atoms with E-state index in [1.54, 1.807) is 0 Å². The van der Waals surface area contributed by atoms with Gasteiger partial charge in [0.05, 0.1) is 0 Å². The topological polar surface area (TPSA) is 50.9 Å². The van der Waals surface area contributed by atoms with Crippen molar-refractivity contribution in [2.24, 2.45) is 5.73 Å². The van der Waals surface area contributed by atoms with Gasteiger partial charge in [0.15, 0.2) is 0 Å². The van der Waals surface area contributed by atoms with Crippen LogP contribution in [0.25, 0.3) is 0 Å². The Hall–Kier alpha value is -0.930. The second kappa shape index (κ2) is 5.67. The standard InChI is InChI=1S/C10H17N3/c1-9(8-11)13-7-4-10-2-5-12-6-3-10/h2-3,5-6,9,13H,4,7-8,11H2,1H3/t9-/m1/s1. The lowest BCUT2D eigenvalue weighted by Gasteiger charge is -2.10. The van der Waals surface area contributed by atoms with Crippen LogP contribution in [-0.4, -0.2) is 24.1 Å². The first-order valence-electron chi connectivity index (χ1n) is 4.65. The van der Waals surface area contributed by atoms with Gasteiger partial charge in [0, 0.05) is 25.0 Å². The van der Waals surface area contributed by atoms with E-state index in [0.717, 1.165) is 13.0 Å². The molecule has 0 aliphatic rings. The van der Waals surface area contributed by atoms with Gasteiger partial charge in [-0.1, -0.05) is 0 Å². The highest BCUT2D eigenvalue weighted by Crippen LogP contribution is 1.96. The van der Waals surface area contributed by atoms with Gasteiger partial charge in [-0.05, 0) is 37.6 Å². The van der Waals surface area contributed by atoms with Gasteiger partial charge in [0.2, 0.25) is 0 Å². The van der Waals surface area contributed by atoms with Crippen LogP contribution in [0.15, 0.2) is 24.5 Å². The quantitative estimate of drug-likeness (QED) is 0.694. The molecule has 3 N–H and O–H groups in total. The molecular formula is C10H17N3. The van der Waals surface area contributed by atoms with Crippen molar-refractivity contribution >= 4 is 0 Å². The lowest BCUT2D eigenvalue weighted by molar-refractivity contribution is 0.559. The molecule has 0 bridgehead atoms.